The molecule has 1 aliphatic heterocycles. The molecule has 2 rings (SSSR count). The third kappa shape index (κ3) is 1.44. The smallest absolute Gasteiger partial charge is 0.327 e. The predicted molar refractivity (Wildman–Crippen MR) is 62.6 cm³/mol. The number of esters is 1. The number of urea groups is 1. The Labute approximate surface area is 106 Å². The van der Waals surface area contributed by atoms with E-state index in [9.17, 15) is 14.4 Å². The van der Waals surface area contributed by atoms with Gasteiger partial charge in [0.15, 0.2) is 0 Å². The van der Waals surface area contributed by atoms with E-state index in [-0.39, 0.29) is 23.8 Å². The lowest BCUT2D eigenvalue weighted by Gasteiger charge is -2.46. The van der Waals surface area contributed by atoms with Crippen LogP contribution in [0, 0.1) is 5.92 Å². The summed E-state index contributed by atoms with van der Waals surface area (Å²) in [6, 6.07) is -0.242. The zero-order valence-electron chi connectivity index (χ0n) is 10.9. The zero-order valence-corrected chi connectivity index (χ0v) is 10.9. The van der Waals surface area contributed by atoms with Gasteiger partial charge in [-0.3, -0.25) is 14.5 Å². The molecule has 100 valence electrons. The summed E-state index contributed by atoms with van der Waals surface area (Å²) in [6.45, 7) is 4.48. The average molecular weight is 254 g/mol. The Kier molecular flexibility index (Phi) is 3.04. The van der Waals surface area contributed by atoms with Crippen LogP contribution >= 0.6 is 0 Å². The lowest BCUT2D eigenvalue weighted by atomic mass is 9.67. The molecule has 0 atom stereocenters. The van der Waals surface area contributed by atoms with Gasteiger partial charge >= 0.3 is 12.0 Å². The first kappa shape index (κ1) is 12.9. The Morgan fingerprint density at radius 3 is 2.39 bits per heavy atom. The molecule has 1 saturated carbocycles. The van der Waals surface area contributed by atoms with Crippen molar-refractivity contribution < 1.29 is 19.1 Å². The van der Waals surface area contributed by atoms with E-state index in [1.807, 2.05) is 6.92 Å². The second-order valence-electron chi connectivity index (χ2n) is 4.74. The number of imide groups is 1. The molecule has 0 bridgehead atoms. The minimum absolute atomic E-state index is 0.169. The van der Waals surface area contributed by atoms with E-state index in [1.54, 1.807) is 11.8 Å². The Bertz CT molecular complexity index is 401. The molecule has 3 amide bonds. The molecule has 6 nitrogen and oxygen atoms in total. The summed E-state index contributed by atoms with van der Waals surface area (Å²) in [6.07, 6.45) is 0.767. The van der Waals surface area contributed by atoms with Gasteiger partial charge in [0.05, 0.1) is 13.0 Å². The van der Waals surface area contributed by atoms with Crippen molar-refractivity contribution in [2.24, 2.45) is 5.92 Å². The van der Waals surface area contributed by atoms with Crippen molar-refractivity contribution in [2.75, 3.05) is 20.2 Å². The number of hydrogen-bond donors (Lipinski definition) is 0. The quantitative estimate of drug-likeness (QED) is 0.546. The largest absolute Gasteiger partial charge is 0.469 e. The first-order chi connectivity index (χ1) is 8.51. The van der Waals surface area contributed by atoms with Gasteiger partial charge in [-0.1, -0.05) is 0 Å². The Morgan fingerprint density at radius 2 is 1.94 bits per heavy atom. The molecule has 1 aliphatic carbocycles. The van der Waals surface area contributed by atoms with Crippen molar-refractivity contribution >= 4 is 17.9 Å². The lowest BCUT2D eigenvalue weighted by molar-refractivity contribution is -0.157. The van der Waals surface area contributed by atoms with Crippen LogP contribution < -0.4 is 0 Å². The second-order valence-corrected chi connectivity index (χ2v) is 4.74. The summed E-state index contributed by atoms with van der Waals surface area (Å²) in [4.78, 5) is 38.6. The van der Waals surface area contributed by atoms with E-state index in [1.165, 1.54) is 12.0 Å². The fraction of sp³-hybridized carbons (Fsp3) is 0.750. The monoisotopic (exact) mass is 254 g/mol. The minimum atomic E-state index is -0.791. The molecule has 6 heteroatoms. The Morgan fingerprint density at radius 1 is 1.33 bits per heavy atom. The summed E-state index contributed by atoms with van der Waals surface area (Å²) in [5.74, 6) is -0.735. The van der Waals surface area contributed by atoms with Gasteiger partial charge in [0, 0.05) is 13.1 Å². The summed E-state index contributed by atoms with van der Waals surface area (Å²) in [5.41, 5.74) is -0.791. The van der Waals surface area contributed by atoms with Crippen molar-refractivity contribution in [3.63, 3.8) is 0 Å². The molecule has 18 heavy (non-hydrogen) atoms. The molecule has 2 aliphatic rings. The predicted octanol–water partition coefficient (Wildman–Crippen LogP) is 0.612. The number of nitrogens with zero attached hydrogens (tertiary/aromatic N) is 2. The molecule has 1 saturated heterocycles. The van der Waals surface area contributed by atoms with Gasteiger partial charge < -0.3 is 9.64 Å². The standard InChI is InChI=1S/C12H18N2O4/c1-4-13-10(16)12(14(5-2)11(13)17)6-8(7-12)9(15)18-3/h8H,4-7H2,1-3H3. The summed E-state index contributed by atoms with van der Waals surface area (Å²) in [7, 11) is 1.34. The van der Waals surface area contributed by atoms with E-state index in [0.29, 0.717) is 25.9 Å². The number of hydrogen-bond acceptors (Lipinski definition) is 4. The van der Waals surface area contributed by atoms with Gasteiger partial charge in [0.25, 0.3) is 5.91 Å². The highest BCUT2D eigenvalue weighted by atomic mass is 16.5. The number of carbonyl (C=O) groups excluding carboxylic acids is 3. The summed E-state index contributed by atoms with van der Waals surface area (Å²) < 4.78 is 4.67. The summed E-state index contributed by atoms with van der Waals surface area (Å²) in [5, 5.41) is 0. The highest BCUT2D eigenvalue weighted by Crippen LogP contribution is 2.47. The number of methoxy groups -OCH3 is 1. The van der Waals surface area contributed by atoms with Gasteiger partial charge in [0.2, 0.25) is 0 Å². The topological polar surface area (TPSA) is 66.9 Å². The van der Waals surface area contributed by atoms with Crippen LogP contribution in [-0.4, -0.2) is 53.4 Å². The number of carbonyl (C=O) groups is 3. The van der Waals surface area contributed by atoms with Crippen LogP contribution in [0.25, 0.3) is 0 Å². The number of ether oxygens (including phenoxy) is 1. The molecule has 1 heterocycles. The normalized spacial score (nSPS) is 30.9. The minimum Gasteiger partial charge on any atom is -0.469 e. The molecule has 2 fully saturated rings. The van der Waals surface area contributed by atoms with E-state index >= 15 is 0 Å². The number of rotatable bonds is 3. The van der Waals surface area contributed by atoms with Gasteiger partial charge in [-0.15, -0.1) is 0 Å². The zero-order chi connectivity index (χ0) is 13.5. The van der Waals surface area contributed by atoms with E-state index in [0.717, 1.165) is 0 Å². The maximum absolute atomic E-state index is 12.3. The van der Waals surface area contributed by atoms with Gasteiger partial charge in [0.1, 0.15) is 5.54 Å². The van der Waals surface area contributed by atoms with E-state index < -0.39 is 5.54 Å². The first-order valence-corrected chi connectivity index (χ1v) is 6.23. The van der Waals surface area contributed by atoms with E-state index in [2.05, 4.69) is 4.74 Å². The molecular weight excluding hydrogens is 236 g/mol. The van der Waals surface area contributed by atoms with Crippen LogP contribution in [0.3, 0.4) is 0 Å². The molecule has 1 spiro atoms. The van der Waals surface area contributed by atoms with Crippen LogP contribution in [0.5, 0.6) is 0 Å². The van der Waals surface area contributed by atoms with Crippen LogP contribution in [0.4, 0.5) is 4.79 Å². The van der Waals surface area contributed by atoms with Gasteiger partial charge in [-0.2, -0.15) is 0 Å². The third-order valence-electron chi connectivity index (χ3n) is 3.96. The fourth-order valence-electron chi connectivity index (χ4n) is 2.98. The molecular formula is C12H18N2O4. The van der Waals surface area contributed by atoms with Crippen molar-refractivity contribution in [1.82, 2.24) is 9.80 Å². The molecule has 0 unspecified atom stereocenters. The molecule has 0 aromatic carbocycles. The van der Waals surface area contributed by atoms with Crippen molar-refractivity contribution in [3.05, 3.63) is 0 Å². The van der Waals surface area contributed by atoms with Crippen LogP contribution in [-0.2, 0) is 14.3 Å². The average Bonchev–Trinajstić information content (AvgIpc) is 2.53. The maximum Gasteiger partial charge on any atom is 0.327 e. The third-order valence-corrected chi connectivity index (χ3v) is 3.96. The van der Waals surface area contributed by atoms with E-state index in [4.69, 9.17) is 0 Å². The Hall–Kier alpha value is -1.59. The SMILES string of the molecule is CCN1C(=O)N(CC)C2(CC(C(=O)OC)C2)C1=O. The lowest BCUT2D eigenvalue weighted by Crippen LogP contribution is -2.60. The van der Waals surface area contributed by atoms with Crippen molar-refractivity contribution in [1.29, 1.82) is 0 Å². The van der Waals surface area contributed by atoms with Crippen LogP contribution in [0.2, 0.25) is 0 Å². The van der Waals surface area contributed by atoms with Crippen molar-refractivity contribution in [3.8, 4) is 0 Å². The Balaban J connectivity index is 2.21. The first-order valence-electron chi connectivity index (χ1n) is 6.23. The molecule has 0 aromatic heterocycles. The highest BCUT2D eigenvalue weighted by Gasteiger charge is 2.64. The maximum atomic E-state index is 12.3. The van der Waals surface area contributed by atoms with Crippen LogP contribution in [0.1, 0.15) is 26.7 Å². The highest BCUT2D eigenvalue weighted by molar-refractivity contribution is 6.08. The number of likely N-dealkylation sites (N-methyl/N-ethyl adjacent to an activating group) is 2. The van der Waals surface area contributed by atoms with Crippen LogP contribution in [0.15, 0.2) is 0 Å². The van der Waals surface area contributed by atoms with Gasteiger partial charge in [-0.25, -0.2) is 4.79 Å². The second kappa shape index (κ2) is 4.26. The fourth-order valence-corrected chi connectivity index (χ4v) is 2.98. The molecule has 0 radical (unpaired) electrons. The van der Waals surface area contributed by atoms with Crippen molar-refractivity contribution in [2.45, 2.75) is 32.2 Å². The molecule has 0 aromatic rings. The molecule has 0 N–H and O–H groups in total. The summed E-state index contributed by atoms with van der Waals surface area (Å²) >= 11 is 0. The van der Waals surface area contributed by atoms with Gasteiger partial charge in [-0.05, 0) is 26.7 Å². The number of amides is 3.